The monoisotopic (exact) mass is 724 g/mol. The van der Waals surface area contributed by atoms with Crippen LogP contribution in [0.3, 0.4) is 0 Å². The van der Waals surface area contributed by atoms with Crippen LogP contribution < -0.4 is 10.2 Å². The minimum atomic E-state index is -0.330. The van der Waals surface area contributed by atoms with Crippen LogP contribution >= 0.6 is 23.2 Å². The maximum Gasteiger partial charge on any atom is 0.272 e. The molecule has 1 fully saturated rings. The van der Waals surface area contributed by atoms with Crippen molar-refractivity contribution >= 4 is 57.4 Å². The zero-order valence-corrected chi connectivity index (χ0v) is 29.1. The van der Waals surface area contributed by atoms with E-state index in [1.165, 1.54) is 0 Å². The molecule has 2 N–H and O–H groups in total. The van der Waals surface area contributed by atoms with Gasteiger partial charge in [-0.3, -0.25) is 14.6 Å². The molecule has 10 nitrogen and oxygen atoms in total. The molecule has 7 aromatic rings. The molecule has 6 heterocycles. The average molecular weight is 726 g/mol. The second-order valence-corrected chi connectivity index (χ2v) is 13.7. The van der Waals surface area contributed by atoms with Crippen molar-refractivity contribution < 1.29 is 9.59 Å². The number of aromatic nitrogens is 5. The number of halogens is 2. The Morgan fingerprint density at radius 1 is 0.788 bits per heavy atom. The van der Waals surface area contributed by atoms with Crippen molar-refractivity contribution in [2.75, 3.05) is 36.4 Å². The van der Waals surface area contributed by atoms with E-state index in [2.05, 4.69) is 29.7 Å². The highest BCUT2D eigenvalue weighted by Gasteiger charge is 2.36. The van der Waals surface area contributed by atoms with Crippen molar-refractivity contribution in [1.29, 1.82) is 0 Å². The van der Waals surface area contributed by atoms with Gasteiger partial charge in [0, 0.05) is 70.6 Å². The van der Waals surface area contributed by atoms with Crippen LogP contribution in [0.5, 0.6) is 0 Å². The van der Waals surface area contributed by atoms with Crippen LogP contribution in [-0.4, -0.2) is 67.4 Å². The molecule has 4 aromatic heterocycles. The number of rotatable bonds is 6. The van der Waals surface area contributed by atoms with E-state index in [9.17, 15) is 9.59 Å². The Balaban J connectivity index is 1.10. The van der Waals surface area contributed by atoms with Gasteiger partial charge in [-0.05, 0) is 59.7 Å². The molecule has 2 amide bonds. The van der Waals surface area contributed by atoms with Gasteiger partial charge in [0.2, 0.25) is 0 Å². The van der Waals surface area contributed by atoms with Gasteiger partial charge in [-0.2, -0.15) is 0 Å². The average Bonchev–Trinajstić information content (AvgIpc) is 3.79. The molecule has 0 spiro atoms. The lowest BCUT2D eigenvalue weighted by molar-refractivity contribution is 0.0740. The Kier molecular flexibility index (Phi) is 7.98. The van der Waals surface area contributed by atoms with E-state index >= 15 is 0 Å². The lowest BCUT2D eigenvalue weighted by atomic mass is 9.88. The summed E-state index contributed by atoms with van der Waals surface area (Å²) in [5, 5.41) is 5.26. The van der Waals surface area contributed by atoms with Gasteiger partial charge in [0.15, 0.2) is 5.82 Å². The molecule has 3 aromatic carbocycles. The number of nitrogens with zero attached hydrogens (tertiary/aromatic N) is 6. The molecular formula is C40H30Cl2N8O2. The van der Waals surface area contributed by atoms with Crippen LogP contribution in [-0.2, 0) is 0 Å². The first kappa shape index (κ1) is 32.0. The molecule has 0 saturated carbocycles. The van der Waals surface area contributed by atoms with Crippen molar-refractivity contribution in [3.8, 4) is 22.5 Å². The summed E-state index contributed by atoms with van der Waals surface area (Å²) in [7, 11) is 0. The second-order valence-electron chi connectivity index (χ2n) is 12.8. The number of nitrogens with one attached hydrogen (secondary N) is 2. The lowest BCUT2D eigenvalue weighted by Crippen LogP contribution is -2.49. The van der Waals surface area contributed by atoms with Crippen LogP contribution in [0.4, 0.5) is 11.5 Å². The largest absolute Gasteiger partial charge is 0.351 e. The molecule has 12 heteroatoms. The summed E-state index contributed by atoms with van der Waals surface area (Å²) in [4.78, 5) is 48.8. The van der Waals surface area contributed by atoms with Crippen molar-refractivity contribution in [3.05, 3.63) is 148 Å². The van der Waals surface area contributed by atoms with Crippen molar-refractivity contribution in [1.82, 2.24) is 29.4 Å². The Hall–Kier alpha value is -5.97. The van der Waals surface area contributed by atoms with E-state index in [1.807, 2.05) is 85.2 Å². The van der Waals surface area contributed by atoms with E-state index in [0.29, 0.717) is 59.1 Å². The van der Waals surface area contributed by atoms with Crippen LogP contribution in [0.25, 0.3) is 33.4 Å². The predicted octanol–water partition coefficient (Wildman–Crippen LogP) is 7.96. The first-order chi connectivity index (χ1) is 25.4. The first-order valence-electron chi connectivity index (χ1n) is 16.9. The fourth-order valence-corrected chi connectivity index (χ4v) is 7.75. The van der Waals surface area contributed by atoms with Crippen LogP contribution in [0, 0.1) is 0 Å². The lowest BCUT2D eigenvalue weighted by Gasteiger charge is -2.36. The van der Waals surface area contributed by atoms with Crippen molar-refractivity contribution in [2.45, 2.75) is 6.04 Å². The smallest absolute Gasteiger partial charge is 0.272 e. The van der Waals surface area contributed by atoms with Crippen molar-refractivity contribution in [2.24, 2.45) is 0 Å². The summed E-state index contributed by atoms with van der Waals surface area (Å²) >= 11 is 13.1. The van der Waals surface area contributed by atoms with E-state index in [1.54, 1.807) is 35.5 Å². The minimum Gasteiger partial charge on any atom is -0.351 e. The SMILES string of the molecule is O=C(Nc1cccnc1N1CCN(C(=O)c2ccccn2)CC1)c1[nH]c2cc(Cl)cc3c2c1-c1c(-c2ccccc2)ncn1C3c1ccc(Cl)cc1. The first-order valence-corrected chi connectivity index (χ1v) is 17.6. The highest BCUT2D eigenvalue weighted by atomic mass is 35.5. The van der Waals surface area contributed by atoms with Crippen LogP contribution in [0.2, 0.25) is 10.0 Å². The molecule has 2 aliphatic rings. The van der Waals surface area contributed by atoms with E-state index in [-0.39, 0.29) is 17.9 Å². The van der Waals surface area contributed by atoms with E-state index in [0.717, 1.165) is 44.5 Å². The molecule has 0 bridgehead atoms. The Bertz CT molecular complexity index is 2470. The number of fused-ring (bicyclic) bond motifs is 2. The maximum atomic E-state index is 14.6. The number of piperazine rings is 1. The number of imidazole rings is 1. The van der Waals surface area contributed by atoms with E-state index in [4.69, 9.17) is 28.2 Å². The standard InChI is InChI=1S/C40H30Cl2N8O2/c41-26-13-11-25(12-14-26)36-28-21-27(42)22-31-32(28)33(37-34(45-23-50(36)37)24-7-2-1-3-8-24)35(46-31)39(51)47-29-10-6-16-44-38(29)48-17-19-49(20-18-48)40(52)30-9-4-5-15-43-30/h1-16,21-23,36,46H,17-20H2,(H,47,51). The summed E-state index contributed by atoms with van der Waals surface area (Å²) in [5.74, 6) is 0.199. The number of benzene rings is 3. The van der Waals surface area contributed by atoms with Gasteiger partial charge < -0.3 is 24.7 Å². The van der Waals surface area contributed by atoms with Gasteiger partial charge in [-0.25, -0.2) is 9.97 Å². The number of H-pyrrole nitrogens is 1. The third kappa shape index (κ3) is 5.47. The number of hydrogen-bond donors (Lipinski definition) is 2. The molecule has 1 unspecified atom stereocenters. The van der Waals surface area contributed by atoms with Gasteiger partial charge in [-0.1, -0.05) is 71.7 Å². The number of anilines is 2. The zero-order valence-electron chi connectivity index (χ0n) is 27.6. The molecule has 2 aliphatic heterocycles. The molecule has 0 aliphatic carbocycles. The summed E-state index contributed by atoms with van der Waals surface area (Å²) < 4.78 is 2.12. The van der Waals surface area contributed by atoms with Gasteiger partial charge in [0.1, 0.15) is 11.4 Å². The summed E-state index contributed by atoms with van der Waals surface area (Å²) in [6, 6.07) is 30.3. The highest BCUT2D eigenvalue weighted by molar-refractivity contribution is 6.32. The summed E-state index contributed by atoms with van der Waals surface area (Å²) in [6.45, 7) is 2.08. The number of hydrogen-bond acceptors (Lipinski definition) is 6. The van der Waals surface area contributed by atoms with E-state index < -0.39 is 0 Å². The summed E-state index contributed by atoms with van der Waals surface area (Å²) in [6.07, 6.45) is 5.16. The zero-order chi connectivity index (χ0) is 35.3. The fraction of sp³-hybridized carbons (Fsp3) is 0.125. The van der Waals surface area contributed by atoms with Crippen LogP contribution in [0.15, 0.2) is 116 Å². The quantitative estimate of drug-likeness (QED) is 0.180. The molecule has 256 valence electrons. The normalized spacial score (nSPS) is 15.1. The number of aromatic amines is 1. The summed E-state index contributed by atoms with van der Waals surface area (Å²) in [5.41, 5.74) is 7.31. The second kappa shape index (κ2) is 13.0. The molecule has 52 heavy (non-hydrogen) atoms. The Morgan fingerprint density at radius 3 is 2.33 bits per heavy atom. The number of carbonyl (C=O) groups excluding carboxylic acids is 2. The molecule has 1 atom stereocenters. The van der Waals surface area contributed by atoms with Gasteiger partial charge in [0.05, 0.1) is 29.4 Å². The highest BCUT2D eigenvalue weighted by Crippen LogP contribution is 2.50. The third-order valence-electron chi connectivity index (χ3n) is 9.74. The molecule has 9 rings (SSSR count). The molecular weight excluding hydrogens is 695 g/mol. The third-order valence-corrected chi connectivity index (χ3v) is 10.2. The number of pyridine rings is 2. The molecule has 0 radical (unpaired) electrons. The number of carbonyl (C=O) groups is 2. The maximum absolute atomic E-state index is 14.6. The minimum absolute atomic E-state index is 0.102. The fourth-order valence-electron chi connectivity index (χ4n) is 7.40. The van der Waals surface area contributed by atoms with Gasteiger partial charge >= 0.3 is 0 Å². The van der Waals surface area contributed by atoms with Crippen LogP contribution in [0.1, 0.15) is 38.1 Å². The molecule has 1 saturated heterocycles. The Morgan fingerprint density at radius 2 is 1.56 bits per heavy atom. The van der Waals surface area contributed by atoms with Gasteiger partial charge in [-0.15, -0.1) is 0 Å². The number of amides is 2. The van der Waals surface area contributed by atoms with Gasteiger partial charge in [0.25, 0.3) is 11.8 Å². The predicted molar refractivity (Wildman–Crippen MR) is 203 cm³/mol. The van der Waals surface area contributed by atoms with Crippen molar-refractivity contribution in [3.63, 3.8) is 0 Å². The Labute approximate surface area is 308 Å². The topological polar surface area (TPSA) is 112 Å².